The third kappa shape index (κ3) is 5.19. The zero-order valence-corrected chi connectivity index (χ0v) is 15.7. The van der Waals surface area contributed by atoms with Crippen molar-refractivity contribution in [3.63, 3.8) is 0 Å². The lowest BCUT2D eigenvalue weighted by atomic mass is 10.1. The first-order chi connectivity index (χ1) is 10.8. The molecule has 23 heavy (non-hydrogen) atoms. The zero-order valence-electron chi connectivity index (χ0n) is 13.3. The molecule has 0 unspecified atom stereocenters. The lowest BCUT2D eigenvalue weighted by Gasteiger charge is -2.34. The van der Waals surface area contributed by atoms with E-state index in [1.54, 1.807) is 30.2 Å². The predicted octanol–water partition coefficient (Wildman–Crippen LogP) is 1.26. The zero-order chi connectivity index (χ0) is 17.0. The fourth-order valence-corrected chi connectivity index (χ4v) is 3.44. The van der Waals surface area contributed by atoms with Gasteiger partial charge in [0.15, 0.2) is 0 Å². The second-order valence-electron chi connectivity index (χ2n) is 5.61. The van der Waals surface area contributed by atoms with Gasteiger partial charge in [-0.1, -0.05) is 0 Å². The molecular formula is C15H21BrN2O4S. The first-order valence-corrected chi connectivity index (χ1v) is 10.2. The minimum Gasteiger partial charge on any atom is -0.497 e. The van der Waals surface area contributed by atoms with Crippen molar-refractivity contribution < 1.29 is 17.9 Å². The highest BCUT2D eigenvalue weighted by atomic mass is 79.9. The molecule has 0 radical (unpaired) electrons. The maximum atomic E-state index is 12.6. The predicted molar refractivity (Wildman–Crippen MR) is 92.7 cm³/mol. The Morgan fingerprint density at radius 2 is 1.91 bits per heavy atom. The van der Waals surface area contributed by atoms with Crippen LogP contribution in [0.1, 0.15) is 10.4 Å². The Morgan fingerprint density at radius 1 is 1.26 bits per heavy atom. The smallest absolute Gasteiger partial charge is 0.255 e. The molecule has 1 aromatic rings. The van der Waals surface area contributed by atoms with Crippen molar-refractivity contribution in [2.24, 2.45) is 0 Å². The minimum atomic E-state index is -2.95. The maximum Gasteiger partial charge on any atom is 0.255 e. The summed E-state index contributed by atoms with van der Waals surface area (Å²) in [6.07, 6.45) is 1.24. The minimum absolute atomic E-state index is 0.0430. The lowest BCUT2D eigenvalue weighted by Crippen LogP contribution is -2.49. The number of benzene rings is 1. The molecule has 1 saturated heterocycles. The van der Waals surface area contributed by atoms with E-state index in [2.05, 4.69) is 20.8 Å². The Morgan fingerprint density at radius 3 is 2.48 bits per heavy atom. The Bertz CT molecular complexity index is 670. The van der Waals surface area contributed by atoms with Crippen molar-refractivity contribution in [3.05, 3.63) is 28.2 Å². The lowest BCUT2D eigenvalue weighted by molar-refractivity contribution is 0.0643. The number of hydrogen-bond donors (Lipinski definition) is 0. The quantitative estimate of drug-likeness (QED) is 0.738. The van der Waals surface area contributed by atoms with Crippen LogP contribution >= 0.6 is 15.9 Å². The van der Waals surface area contributed by atoms with Crippen LogP contribution in [0.2, 0.25) is 0 Å². The Labute approximate surface area is 145 Å². The van der Waals surface area contributed by atoms with E-state index >= 15 is 0 Å². The average molecular weight is 405 g/mol. The van der Waals surface area contributed by atoms with Gasteiger partial charge in [0.05, 0.1) is 18.4 Å². The van der Waals surface area contributed by atoms with E-state index in [-0.39, 0.29) is 11.7 Å². The molecule has 0 saturated carbocycles. The van der Waals surface area contributed by atoms with E-state index in [0.717, 1.165) is 4.47 Å². The SMILES string of the molecule is COc1ccc(Br)c(C(=O)N2CCN(CCS(C)(=O)=O)CC2)c1. The molecule has 0 atom stereocenters. The number of sulfone groups is 1. The van der Waals surface area contributed by atoms with E-state index in [1.165, 1.54) is 6.26 Å². The number of hydrogen-bond acceptors (Lipinski definition) is 5. The molecule has 0 aliphatic carbocycles. The van der Waals surface area contributed by atoms with Crippen LogP contribution in [0.4, 0.5) is 0 Å². The molecule has 6 nitrogen and oxygen atoms in total. The first-order valence-electron chi connectivity index (χ1n) is 7.33. The summed E-state index contributed by atoms with van der Waals surface area (Å²) in [6, 6.07) is 5.32. The molecule has 0 spiro atoms. The topological polar surface area (TPSA) is 66.9 Å². The number of rotatable bonds is 5. The van der Waals surface area contributed by atoms with Crippen molar-refractivity contribution in [3.8, 4) is 5.75 Å². The van der Waals surface area contributed by atoms with Crippen LogP contribution in [0, 0.1) is 0 Å². The van der Waals surface area contributed by atoms with Crippen LogP contribution in [-0.2, 0) is 9.84 Å². The summed E-state index contributed by atoms with van der Waals surface area (Å²) < 4.78 is 28.4. The van der Waals surface area contributed by atoms with Gasteiger partial charge in [-0.15, -0.1) is 0 Å². The summed E-state index contributed by atoms with van der Waals surface area (Å²) in [5.74, 6) is 0.754. The molecule has 1 fully saturated rings. The number of ether oxygens (including phenoxy) is 1. The first kappa shape index (κ1) is 18.2. The van der Waals surface area contributed by atoms with Crippen molar-refractivity contribution in [1.29, 1.82) is 0 Å². The van der Waals surface area contributed by atoms with E-state index < -0.39 is 9.84 Å². The van der Waals surface area contributed by atoms with E-state index in [0.29, 0.717) is 44.0 Å². The second kappa shape index (κ2) is 7.63. The number of carbonyl (C=O) groups is 1. The largest absolute Gasteiger partial charge is 0.497 e. The number of carbonyl (C=O) groups excluding carboxylic acids is 1. The van der Waals surface area contributed by atoms with Crippen LogP contribution in [0.3, 0.4) is 0 Å². The van der Waals surface area contributed by atoms with Gasteiger partial charge in [-0.2, -0.15) is 0 Å². The third-order valence-electron chi connectivity index (χ3n) is 3.84. The monoisotopic (exact) mass is 404 g/mol. The number of amides is 1. The molecule has 1 heterocycles. The Kier molecular flexibility index (Phi) is 6.05. The molecule has 1 aliphatic heterocycles. The fraction of sp³-hybridized carbons (Fsp3) is 0.533. The van der Waals surface area contributed by atoms with Crippen LogP contribution in [-0.4, -0.2) is 76.0 Å². The van der Waals surface area contributed by atoms with Crippen molar-refractivity contribution >= 4 is 31.7 Å². The van der Waals surface area contributed by atoms with Gasteiger partial charge in [-0.25, -0.2) is 8.42 Å². The molecule has 0 N–H and O–H groups in total. The van der Waals surface area contributed by atoms with Gasteiger partial charge in [0.2, 0.25) is 0 Å². The van der Waals surface area contributed by atoms with Crippen LogP contribution in [0.5, 0.6) is 5.75 Å². The highest BCUT2D eigenvalue weighted by Crippen LogP contribution is 2.24. The third-order valence-corrected chi connectivity index (χ3v) is 5.46. The van der Waals surface area contributed by atoms with Gasteiger partial charge in [-0.05, 0) is 34.1 Å². The number of methoxy groups -OCH3 is 1. The number of halogens is 1. The van der Waals surface area contributed by atoms with Gasteiger partial charge in [0.1, 0.15) is 15.6 Å². The molecule has 0 bridgehead atoms. The summed E-state index contributed by atoms with van der Waals surface area (Å²) in [5.41, 5.74) is 0.578. The number of piperazine rings is 1. The summed E-state index contributed by atoms with van der Waals surface area (Å²) in [5, 5.41) is 0. The van der Waals surface area contributed by atoms with Crippen molar-refractivity contribution in [1.82, 2.24) is 9.80 Å². The van der Waals surface area contributed by atoms with Crippen LogP contribution in [0.25, 0.3) is 0 Å². The maximum absolute atomic E-state index is 12.6. The van der Waals surface area contributed by atoms with Gasteiger partial charge in [-0.3, -0.25) is 9.69 Å². The molecular weight excluding hydrogens is 384 g/mol. The summed E-state index contributed by atoms with van der Waals surface area (Å²) >= 11 is 3.41. The Balaban J connectivity index is 1.96. The van der Waals surface area contributed by atoms with Crippen LogP contribution in [0.15, 0.2) is 22.7 Å². The second-order valence-corrected chi connectivity index (χ2v) is 8.72. The standard InChI is InChI=1S/C15H21BrN2O4S/c1-22-12-3-4-14(16)13(11-12)15(19)18-7-5-17(6-8-18)9-10-23(2,20)21/h3-4,11H,5-10H2,1-2H3. The van der Waals surface area contributed by atoms with Gasteiger partial charge >= 0.3 is 0 Å². The van der Waals surface area contributed by atoms with Gasteiger partial charge in [0.25, 0.3) is 5.91 Å². The van der Waals surface area contributed by atoms with Crippen LogP contribution < -0.4 is 4.74 Å². The Hall–Kier alpha value is -1.12. The van der Waals surface area contributed by atoms with Gasteiger partial charge in [0, 0.05) is 43.5 Å². The molecule has 1 aliphatic rings. The summed E-state index contributed by atoms with van der Waals surface area (Å²) in [4.78, 5) is 16.5. The molecule has 0 aromatic heterocycles. The van der Waals surface area contributed by atoms with E-state index in [4.69, 9.17) is 4.74 Å². The van der Waals surface area contributed by atoms with Crippen molar-refractivity contribution in [2.45, 2.75) is 0 Å². The van der Waals surface area contributed by atoms with Crippen molar-refractivity contribution in [2.75, 3.05) is 51.8 Å². The number of nitrogens with zero attached hydrogens (tertiary/aromatic N) is 2. The molecule has 1 amide bonds. The summed E-state index contributed by atoms with van der Waals surface area (Å²) in [7, 11) is -1.38. The average Bonchev–Trinajstić information content (AvgIpc) is 2.52. The van der Waals surface area contributed by atoms with E-state index in [1.807, 2.05) is 0 Å². The van der Waals surface area contributed by atoms with E-state index in [9.17, 15) is 13.2 Å². The summed E-state index contributed by atoms with van der Waals surface area (Å²) in [6.45, 7) is 3.06. The molecule has 1 aromatic carbocycles. The molecule has 8 heteroatoms. The fourth-order valence-electron chi connectivity index (χ4n) is 2.44. The highest BCUT2D eigenvalue weighted by Gasteiger charge is 2.24. The molecule has 2 rings (SSSR count). The molecule has 128 valence electrons. The van der Waals surface area contributed by atoms with Gasteiger partial charge < -0.3 is 9.64 Å². The normalized spacial score (nSPS) is 16.4. The highest BCUT2D eigenvalue weighted by molar-refractivity contribution is 9.10.